The number of nitriles is 1. The third-order valence-electron chi connectivity index (χ3n) is 4.25. The van der Waals surface area contributed by atoms with E-state index >= 15 is 0 Å². The van der Waals surface area contributed by atoms with Crippen LogP contribution in [0.3, 0.4) is 0 Å². The molecular formula is C23H17ClN2O4. The number of hydrogen-bond donors (Lipinski definition) is 1. The Morgan fingerprint density at radius 1 is 1.03 bits per heavy atom. The van der Waals surface area contributed by atoms with Crippen LogP contribution in [-0.2, 0) is 9.53 Å². The minimum Gasteiger partial charge on any atom is -0.495 e. The summed E-state index contributed by atoms with van der Waals surface area (Å²) in [6, 6.07) is 20.6. The van der Waals surface area contributed by atoms with E-state index in [1.165, 1.54) is 13.2 Å². The number of halogens is 1. The number of nitrogens with one attached hydrogen (secondary N) is 1. The van der Waals surface area contributed by atoms with Crippen LogP contribution >= 0.6 is 11.6 Å². The summed E-state index contributed by atoms with van der Waals surface area (Å²) in [6.45, 7) is -0.497. The van der Waals surface area contributed by atoms with Crippen molar-refractivity contribution < 1.29 is 19.1 Å². The molecule has 0 radical (unpaired) electrons. The second-order valence-corrected chi connectivity index (χ2v) is 6.61. The van der Waals surface area contributed by atoms with Crippen molar-refractivity contribution >= 4 is 29.2 Å². The number of rotatable bonds is 6. The van der Waals surface area contributed by atoms with Crippen LogP contribution in [0.2, 0.25) is 5.02 Å². The van der Waals surface area contributed by atoms with Gasteiger partial charge in [-0.2, -0.15) is 5.26 Å². The highest BCUT2D eigenvalue weighted by Crippen LogP contribution is 2.28. The molecule has 0 aliphatic rings. The minimum atomic E-state index is -0.674. The molecule has 0 atom stereocenters. The van der Waals surface area contributed by atoms with E-state index in [0.29, 0.717) is 33.1 Å². The summed E-state index contributed by atoms with van der Waals surface area (Å²) >= 11 is 5.95. The van der Waals surface area contributed by atoms with Crippen molar-refractivity contribution in [3.63, 3.8) is 0 Å². The number of methoxy groups -OCH3 is 1. The van der Waals surface area contributed by atoms with Gasteiger partial charge in [-0.05, 0) is 35.9 Å². The van der Waals surface area contributed by atoms with Gasteiger partial charge < -0.3 is 14.8 Å². The Labute approximate surface area is 178 Å². The van der Waals surface area contributed by atoms with Gasteiger partial charge in [-0.1, -0.05) is 48.0 Å². The van der Waals surface area contributed by atoms with Crippen LogP contribution in [0, 0.1) is 11.3 Å². The van der Waals surface area contributed by atoms with Gasteiger partial charge in [0, 0.05) is 10.6 Å². The quantitative estimate of drug-likeness (QED) is 0.585. The Kier molecular flexibility index (Phi) is 6.68. The van der Waals surface area contributed by atoms with Crippen LogP contribution in [0.4, 0.5) is 5.69 Å². The lowest BCUT2D eigenvalue weighted by Gasteiger charge is -2.12. The maximum atomic E-state index is 12.6. The zero-order valence-electron chi connectivity index (χ0n) is 16.0. The predicted octanol–water partition coefficient (Wildman–Crippen LogP) is 4.68. The van der Waals surface area contributed by atoms with Crippen LogP contribution in [0.1, 0.15) is 15.9 Å². The van der Waals surface area contributed by atoms with Crippen LogP contribution < -0.4 is 10.1 Å². The number of carbonyl (C=O) groups is 2. The molecule has 30 heavy (non-hydrogen) atoms. The standard InChI is InChI=1S/C23H17ClN2O4/c1-29-21-11-10-16(24)12-20(21)26-22(27)14-30-23(28)19-9-5-4-8-18(19)17-7-3-2-6-15(17)13-25/h2-12H,14H2,1H3,(H,26,27). The van der Waals surface area contributed by atoms with Crippen LogP contribution in [0.25, 0.3) is 11.1 Å². The first-order chi connectivity index (χ1) is 14.5. The molecule has 150 valence electrons. The molecule has 1 N–H and O–H groups in total. The molecule has 7 heteroatoms. The van der Waals surface area contributed by atoms with Gasteiger partial charge in [-0.25, -0.2) is 4.79 Å². The van der Waals surface area contributed by atoms with Crippen molar-refractivity contribution in [2.24, 2.45) is 0 Å². The van der Waals surface area contributed by atoms with E-state index in [1.54, 1.807) is 60.7 Å². The molecule has 0 heterocycles. The van der Waals surface area contributed by atoms with Gasteiger partial charge in [0.2, 0.25) is 0 Å². The third-order valence-corrected chi connectivity index (χ3v) is 4.49. The molecule has 6 nitrogen and oxygen atoms in total. The first-order valence-corrected chi connectivity index (χ1v) is 9.30. The highest BCUT2D eigenvalue weighted by Gasteiger charge is 2.17. The zero-order chi connectivity index (χ0) is 21.5. The summed E-state index contributed by atoms with van der Waals surface area (Å²) in [6.07, 6.45) is 0. The van der Waals surface area contributed by atoms with Gasteiger partial charge in [0.1, 0.15) is 5.75 Å². The predicted molar refractivity (Wildman–Crippen MR) is 114 cm³/mol. The fourth-order valence-electron chi connectivity index (χ4n) is 2.88. The Morgan fingerprint density at radius 3 is 2.47 bits per heavy atom. The van der Waals surface area contributed by atoms with Gasteiger partial charge in [0.05, 0.1) is 30.0 Å². The van der Waals surface area contributed by atoms with Crippen molar-refractivity contribution in [1.29, 1.82) is 5.26 Å². The second kappa shape index (κ2) is 9.59. The summed E-state index contributed by atoms with van der Waals surface area (Å²) < 4.78 is 10.4. The van der Waals surface area contributed by atoms with Gasteiger partial charge in [0.25, 0.3) is 5.91 Å². The van der Waals surface area contributed by atoms with Crippen LogP contribution in [0.15, 0.2) is 66.7 Å². The summed E-state index contributed by atoms with van der Waals surface area (Å²) in [4.78, 5) is 24.9. The Bertz CT molecular complexity index is 1140. The summed E-state index contributed by atoms with van der Waals surface area (Å²) in [5, 5.41) is 12.4. The van der Waals surface area contributed by atoms with E-state index in [0.717, 1.165) is 0 Å². The first kappa shape index (κ1) is 20.9. The molecule has 3 rings (SSSR count). The molecule has 0 fully saturated rings. The normalized spacial score (nSPS) is 10.0. The SMILES string of the molecule is COc1ccc(Cl)cc1NC(=O)COC(=O)c1ccccc1-c1ccccc1C#N. The van der Waals surface area contributed by atoms with E-state index in [1.807, 2.05) is 0 Å². The molecule has 0 bridgehead atoms. The molecular weight excluding hydrogens is 404 g/mol. The van der Waals surface area contributed by atoms with E-state index < -0.39 is 18.5 Å². The molecule has 0 aliphatic heterocycles. The number of nitrogens with zero attached hydrogens (tertiary/aromatic N) is 1. The van der Waals surface area contributed by atoms with Gasteiger partial charge in [-0.3, -0.25) is 4.79 Å². The summed E-state index contributed by atoms with van der Waals surface area (Å²) in [5.74, 6) is -0.789. The average Bonchev–Trinajstić information content (AvgIpc) is 2.77. The number of amides is 1. The maximum absolute atomic E-state index is 12.6. The molecule has 0 aromatic heterocycles. The molecule has 0 saturated carbocycles. The van der Waals surface area contributed by atoms with Gasteiger partial charge >= 0.3 is 5.97 Å². The smallest absolute Gasteiger partial charge is 0.339 e. The highest BCUT2D eigenvalue weighted by molar-refractivity contribution is 6.31. The zero-order valence-corrected chi connectivity index (χ0v) is 16.8. The number of carbonyl (C=O) groups excluding carboxylic acids is 2. The maximum Gasteiger partial charge on any atom is 0.339 e. The van der Waals surface area contributed by atoms with E-state index in [9.17, 15) is 14.9 Å². The molecule has 3 aromatic carbocycles. The molecule has 0 aliphatic carbocycles. The molecule has 0 spiro atoms. The number of anilines is 1. The molecule has 1 amide bonds. The van der Waals surface area contributed by atoms with Crippen molar-refractivity contribution in [3.05, 3.63) is 82.9 Å². The van der Waals surface area contributed by atoms with Crippen molar-refractivity contribution in [2.45, 2.75) is 0 Å². The first-order valence-electron chi connectivity index (χ1n) is 8.92. The van der Waals surface area contributed by atoms with Crippen molar-refractivity contribution in [3.8, 4) is 22.9 Å². The Hall–Kier alpha value is -3.82. The summed E-state index contributed by atoms with van der Waals surface area (Å²) in [7, 11) is 1.47. The number of benzene rings is 3. The largest absolute Gasteiger partial charge is 0.495 e. The highest BCUT2D eigenvalue weighted by atomic mass is 35.5. The van der Waals surface area contributed by atoms with Crippen molar-refractivity contribution in [2.75, 3.05) is 19.0 Å². The van der Waals surface area contributed by atoms with Crippen LogP contribution in [-0.4, -0.2) is 25.6 Å². The molecule has 0 saturated heterocycles. The summed E-state index contributed by atoms with van der Waals surface area (Å²) in [5.41, 5.74) is 2.23. The lowest BCUT2D eigenvalue weighted by Crippen LogP contribution is -2.21. The van der Waals surface area contributed by atoms with E-state index in [2.05, 4.69) is 11.4 Å². The Morgan fingerprint density at radius 2 is 1.73 bits per heavy atom. The number of ether oxygens (including phenoxy) is 2. The minimum absolute atomic E-state index is 0.258. The lowest BCUT2D eigenvalue weighted by molar-refractivity contribution is -0.119. The van der Waals surface area contributed by atoms with Crippen LogP contribution in [0.5, 0.6) is 5.75 Å². The van der Waals surface area contributed by atoms with Gasteiger partial charge in [0.15, 0.2) is 6.61 Å². The topological polar surface area (TPSA) is 88.4 Å². The fourth-order valence-corrected chi connectivity index (χ4v) is 3.06. The number of esters is 1. The Balaban J connectivity index is 1.74. The van der Waals surface area contributed by atoms with E-state index in [4.69, 9.17) is 21.1 Å². The van der Waals surface area contributed by atoms with Gasteiger partial charge in [-0.15, -0.1) is 0 Å². The number of hydrogen-bond acceptors (Lipinski definition) is 5. The molecule has 0 unspecified atom stereocenters. The van der Waals surface area contributed by atoms with E-state index in [-0.39, 0.29) is 5.56 Å². The fraction of sp³-hybridized carbons (Fsp3) is 0.0870. The third kappa shape index (κ3) is 4.77. The lowest BCUT2D eigenvalue weighted by atomic mass is 9.96. The second-order valence-electron chi connectivity index (χ2n) is 6.17. The van der Waals surface area contributed by atoms with Crippen molar-refractivity contribution in [1.82, 2.24) is 0 Å². The average molecular weight is 421 g/mol. The monoisotopic (exact) mass is 420 g/mol. The molecule has 3 aromatic rings.